The summed E-state index contributed by atoms with van der Waals surface area (Å²) in [6.07, 6.45) is 4.45. The molecular formula is C7H13N3O2S. The summed E-state index contributed by atoms with van der Waals surface area (Å²) in [6.45, 7) is 0.801. The fourth-order valence-electron chi connectivity index (χ4n) is 0.984. The van der Waals surface area contributed by atoms with Crippen LogP contribution in [-0.2, 0) is 22.9 Å². The van der Waals surface area contributed by atoms with Gasteiger partial charge in [0.15, 0.2) is 0 Å². The average molecular weight is 203 g/mol. The van der Waals surface area contributed by atoms with Crippen LogP contribution in [0.25, 0.3) is 0 Å². The predicted molar refractivity (Wildman–Crippen MR) is 49.8 cm³/mol. The van der Waals surface area contributed by atoms with Crippen molar-refractivity contribution in [2.75, 3.05) is 12.0 Å². The molecule has 5 nitrogen and oxygen atoms in total. The molecule has 1 rings (SSSR count). The first-order valence-corrected chi connectivity index (χ1v) is 5.96. The molecular weight excluding hydrogens is 190 g/mol. The van der Waals surface area contributed by atoms with E-state index in [2.05, 4.69) is 4.98 Å². The predicted octanol–water partition coefficient (Wildman–Crippen LogP) is -0.614. The maximum atomic E-state index is 10.9. The Morgan fingerprint density at radius 3 is 2.85 bits per heavy atom. The summed E-state index contributed by atoms with van der Waals surface area (Å²) in [7, 11) is -2.91. The number of hydrogen-bond donors (Lipinski definition) is 1. The first-order chi connectivity index (χ1) is 6.03. The number of aryl methyl sites for hydroxylation is 1. The fraction of sp³-hybridized carbons (Fsp3) is 0.571. The highest BCUT2D eigenvalue weighted by Gasteiger charge is 2.04. The van der Waals surface area contributed by atoms with E-state index in [4.69, 9.17) is 5.73 Å². The van der Waals surface area contributed by atoms with Gasteiger partial charge in [-0.15, -0.1) is 0 Å². The highest BCUT2D eigenvalue weighted by Crippen LogP contribution is 1.98. The second-order valence-corrected chi connectivity index (χ2v) is 5.17. The number of aromatic nitrogens is 2. The summed E-state index contributed by atoms with van der Waals surface area (Å²) in [5.41, 5.74) is 6.27. The van der Waals surface area contributed by atoms with Crippen LogP contribution in [0.15, 0.2) is 12.5 Å². The molecule has 0 aromatic carbocycles. The van der Waals surface area contributed by atoms with Crippen molar-refractivity contribution in [3.63, 3.8) is 0 Å². The van der Waals surface area contributed by atoms with Gasteiger partial charge >= 0.3 is 0 Å². The van der Waals surface area contributed by atoms with Crippen molar-refractivity contribution in [1.29, 1.82) is 0 Å². The maximum absolute atomic E-state index is 10.9. The van der Waals surface area contributed by atoms with Gasteiger partial charge in [-0.05, 0) is 0 Å². The molecule has 0 aliphatic heterocycles. The standard InChI is InChI=1S/C7H13N3O2S/c1-13(11,12)3-2-10-6-9-5-7(10)4-8/h5-6H,2-4,8H2,1H3. The quantitative estimate of drug-likeness (QED) is 0.708. The minimum Gasteiger partial charge on any atom is -0.332 e. The molecule has 1 aromatic rings. The zero-order valence-corrected chi connectivity index (χ0v) is 8.29. The number of nitrogens with two attached hydrogens (primary N) is 1. The van der Waals surface area contributed by atoms with Gasteiger partial charge in [0.2, 0.25) is 0 Å². The Morgan fingerprint density at radius 1 is 1.62 bits per heavy atom. The van der Waals surface area contributed by atoms with Crippen molar-refractivity contribution in [3.8, 4) is 0 Å². The molecule has 0 aliphatic carbocycles. The molecule has 0 saturated carbocycles. The number of rotatable bonds is 4. The zero-order valence-electron chi connectivity index (χ0n) is 7.47. The van der Waals surface area contributed by atoms with Crippen LogP contribution < -0.4 is 5.73 Å². The SMILES string of the molecule is CS(=O)(=O)CCn1cncc1CN. The van der Waals surface area contributed by atoms with Crippen LogP contribution in [0.2, 0.25) is 0 Å². The Kier molecular flexibility index (Phi) is 3.05. The zero-order chi connectivity index (χ0) is 9.90. The molecule has 6 heteroatoms. The van der Waals surface area contributed by atoms with Gasteiger partial charge in [0.25, 0.3) is 0 Å². The van der Waals surface area contributed by atoms with E-state index in [1.165, 1.54) is 6.26 Å². The summed E-state index contributed by atoms with van der Waals surface area (Å²) in [6, 6.07) is 0. The van der Waals surface area contributed by atoms with Crippen LogP contribution in [0, 0.1) is 0 Å². The normalized spacial score (nSPS) is 11.8. The summed E-state index contributed by atoms with van der Waals surface area (Å²) in [5.74, 6) is 0.121. The van der Waals surface area contributed by atoms with E-state index in [0.717, 1.165) is 5.69 Å². The molecule has 0 radical (unpaired) electrons. The summed E-state index contributed by atoms with van der Waals surface area (Å²) in [4.78, 5) is 3.88. The number of sulfone groups is 1. The third-order valence-corrected chi connectivity index (χ3v) is 2.63. The van der Waals surface area contributed by atoms with Crippen molar-refractivity contribution in [2.24, 2.45) is 5.73 Å². The molecule has 0 unspecified atom stereocenters. The van der Waals surface area contributed by atoms with Gasteiger partial charge < -0.3 is 10.3 Å². The molecule has 0 bridgehead atoms. The van der Waals surface area contributed by atoms with E-state index < -0.39 is 9.84 Å². The smallest absolute Gasteiger partial charge is 0.149 e. The van der Waals surface area contributed by atoms with Crippen LogP contribution in [-0.4, -0.2) is 30.0 Å². The molecule has 2 N–H and O–H groups in total. The molecule has 1 aromatic heterocycles. The molecule has 1 heterocycles. The van der Waals surface area contributed by atoms with Crippen LogP contribution >= 0.6 is 0 Å². The molecule has 74 valence electrons. The van der Waals surface area contributed by atoms with Gasteiger partial charge in [0, 0.05) is 25.5 Å². The Balaban J connectivity index is 2.64. The highest BCUT2D eigenvalue weighted by molar-refractivity contribution is 7.90. The maximum Gasteiger partial charge on any atom is 0.149 e. The van der Waals surface area contributed by atoms with Crippen LogP contribution in [0.1, 0.15) is 5.69 Å². The third kappa shape index (κ3) is 3.16. The topological polar surface area (TPSA) is 78.0 Å². The molecule has 13 heavy (non-hydrogen) atoms. The van der Waals surface area contributed by atoms with Gasteiger partial charge in [-0.3, -0.25) is 0 Å². The van der Waals surface area contributed by atoms with Gasteiger partial charge in [0.05, 0.1) is 17.8 Å². The number of hydrogen-bond acceptors (Lipinski definition) is 4. The molecule has 0 fully saturated rings. The molecule has 0 spiro atoms. The fourth-order valence-corrected chi connectivity index (χ4v) is 1.51. The Morgan fingerprint density at radius 2 is 2.31 bits per heavy atom. The number of nitrogens with zero attached hydrogens (tertiary/aromatic N) is 2. The van der Waals surface area contributed by atoms with E-state index in [9.17, 15) is 8.42 Å². The highest BCUT2D eigenvalue weighted by atomic mass is 32.2. The largest absolute Gasteiger partial charge is 0.332 e. The van der Waals surface area contributed by atoms with Gasteiger partial charge in [-0.1, -0.05) is 0 Å². The van der Waals surface area contributed by atoms with E-state index in [1.807, 2.05) is 0 Å². The first kappa shape index (κ1) is 10.2. The lowest BCUT2D eigenvalue weighted by Crippen LogP contribution is -2.13. The summed E-state index contributed by atoms with van der Waals surface area (Å²) < 4.78 is 23.5. The van der Waals surface area contributed by atoms with Gasteiger partial charge in [-0.2, -0.15) is 0 Å². The van der Waals surface area contributed by atoms with Crippen LogP contribution in [0.3, 0.4) is 0 Å². The van der Waals surface area contributed by atoms with E-state index in [0.29, 0.717) is 13.1 Å². The molecule has 0 amide bonds. The van der Waals surface area contributed by atoms with Crippen molar-refractivity contribution < 1.29 is 8.42 Å². The summed E-state index contributed by atoms with van der Waals surface area (Å²) >= 11 is 0. The lowest BCUT2D eigenvalue weighted by Gasteiger charge is -2.04. The number of imidazole rings is 1. The first-order valence-electron chi connectivity index (χ1n) is 3.90. The van der Waals surface area contributed by atoms with Crippen molar-refractivity contribution in [2.45, 2.75) is 13.1 Å². The van der Waals surface area contributed by atoms with E-state index in [1.54, 1.807) is 17.1 Å². The lowest BCUT2D eigenvalue weighted by atomic mass is 10.4. The monoisotopic (exact) mass is 203 g/mol. The van der Waals surface area contributed by atoms with Crippen LogP contribution in [0.4, 0.5) is 0 Å². The molecule has 0 aliphatic rings. The second-order valence-electron chi connectivity index (χ2n) is 2.91. The van der Waals surface area contributed by atoms with Gasteiger partial charge in [-0.25, -0.2) is 13.4 Å². The Bertz CT molecular complexity index is 369. The molecule has 0 atom stereocenters. The van der Waals surface area contributed by atoms with Crippen LogP contribution in [0.5, 0.6) is 0 Å². The average Bonchev–Trinajstić information content (AvgIpc) is 2.46. The van der Waals surface area contributed by atoms with Gasteiger partial charge in [0.1, 0.15) is 9.84 Å². The lowest BCUT2D eigenvalue weighted by molar-refractivity contribution is 0.592. The van der Waals surface area contributed by atoms with Crippen molar-refractivity contribution in [1.82, 2.24) is 9.55 Å². The van der Waals surface area contributed by atoms with Crippen molar-refractivity contribution >= 4 is 9.84 Å². The second kappa shape index (κ2) is 3.89. The Labute approximate surface area is 77.5 Å². The minimum absolute atomic E-state index is 0.121. The minimum atomic E-state index is -2.91. The Hall–Kier alpha value is -0.880. The third-order valence-electron chi connectivity index (χ3n) is 1.71. The summed E-state index contributed by atoms with van der Waals surface area (Å²) in [5, 5.41) is 0. The van der Waals surface area contributed by atoms with E-state index >= 15 is 0 Å². The van der Waals surface area contributed by atoms with Crippen molar-refractivity contribution in [3.05, 3.63) is 18.2 Å². The van der Waals surface area contributed by atoms with E-state index in [-0.39, 0.29) is 5.75 Å². The molecule has 0 saturated heterocycles.